The molecule has 2 nitrogen and oxygen atoms in total. The molecule has 1 radical (unpaired) electrons. The fourth-order valence-corrected chi connectivity index (χ4v) is 5.36. The van der Waals surface area contributed by atoms with Crippen LogP contribution < -0.4 is 5.19 Å². The summed E-state index contributed by atoms with van der Waals surface area (Å²) >= 11 is 0. The molecule has 4 heteroatoms. The van der Waals surface area contributed by atoms with Crippen LogP contribution in [0.4, 0.5) is 0 Å². The number of pyridine rings is 2. The topological polar surface area (TPSA) is 25.8 Å². The van der Waals surface area contributed by atoms with Gasteiger partial charge in [0.05, 0.1) is 8.07 Å². The molecule has 0 amide bonds. The molecule has 0 spiro atoms. The maximum absolute atomic E-state index is 8.40. The molecule has 4 aromatic carbocycles. The first kappa shape index (κ1) is 28.2. The van der Waals surface area contributed by atoms with Crippen molar-refractivity contribution in [3.8, 4) is 33.6 Å². The average Bonchev–Trinajstić information content (AvgIpc) is 3.06. The molecule has 0 atom stereocenters. The normalized spacial score (nSPS) is 11.7. The Bertz CT molecular complexity index is 1760. The van der Waals surface area contributed by atoms with Crippen LogP contribution in [-0.2, 0) is 26.5 Å². The predicted octanol–water partition coefficient (Wildman–Crippen LogP) is 8.90. The Morgan fingerprint density at radius 1 is 0.619 bits per heavy atom. The van der Waals surface area contributed by atoms with Crippen molar-refractivity contribution in [3.05, 3.63) is 163 Å². The van der Waals surface area contributed by atoms with Gasteiger partial charge in [-0.1, -0.05) is 105 Å². The minimum atomic E-state index is -1.54. The smallest absolute Gasteiger partial charge is 0.0795 e. The van der Waals surface area contributed by atoms with Gasteiger partial charge in [-0.05, 0) is 40.1 Å². The van der Waals surface area contributed by atoms with Gasteiger partial charge >= 0.3 is 0 Å². The van der Waals surface area contributed by atoms with E-state index in [1.165, 1.54) is 16.3 Å². The largest absolute Gasteiger partial charge is 0.305 e. The van der Waals surface area contributed by atoms with E-state index in [-0.39, 0.29) is 20.1 Å². The number of nitrogens with zero attached hydrogens (tertiary/aromatic N) is 2. The Morgan fingerprint density at radius 2 is 1.26 bits per heavy atom. The van der Waals surface area contributed by atoms with E-state index in [9.17, 15) is 0 Å². The van der Waals surface area contributed by atoms with Crippen LogP contribution in [0.2, 0.25) is 19.6 Å². The number of hydrogen-bond donors (Lipinski definition) is 0. The first-order valence-electron chi connectivity index (χ1n) is 14.7. The Morgan fingerprint density at radius 3 is 1.90 bits per heavy atom. The summed E-state index contributed by atoms with van der Waals surface area (Å²) in [7, 11) is -1.29. The van der Waals surface area contributed by atoms with Crippen molar-refractivity contribution in [2.24, 2.45) is 0 Å². The summed E-state index contributed by atoms with van der Waals surface area (Å²) in [4.78, 5) is 8.94. The standard InChI is InChI=1S/C20H20NSi.C18H14N.Ir/c1-22(2,3)19-12-13-20(21-15-19)18-11-7-10-17(14-18)16-8-5-4-6-9-16;1-2-7-15(8-3-1)13-16-9-6-10-17(14-16)18-11-4-5-12-19-18;/h4-10,12-15H,1-3H3;1-9,11-12,14H,13H2;/q2*-1;/i;13D2;. The van der Waals surface area contributed by atoms with E-state index in [4.69, 9.17) is 2.74 Å². The van der Waals surface area contributed by atoms with Gasteiger partial charge in [0.2, 0.25) is 0 Å². The minimum absolute atomic E-state index is 0. The number of benzene rings is 4. The van der Waals surface area contributed by atoms with Gasteiger partial charge in [0.15, 0.2) is 0 Å². The molecule has 6 aromatic rings. The Hall–Kier alpha value is -3.95. The van der Waals surface area contributed by atoms with E-state index in [0.29, 0.717) is 11.1 Å². The maximum atomic E-state index is 8.40. The molecule has 2 aromatic heterocycles. The SMILES string of the molecule is C[Si](C)(C)c1ccc(-c2[c-]ccc(-c3ccccc3)c2)nc1.[2H]C([2H])(c1ccccc1)c1cc[c-]c(-c2ccccn2)c1.[Ir]. The molecule has 0 unspecified atom stereocenters. The van der Waals surface area contributed by atoms with Gasteiger partial charge in [0.25, 0.3) is 0 Å². The maximum Gasteiger partial charge on any atom is 0.0795 e. The van der Waals surface area contributed by atoms with Crippen LogP contribution in [0.3, 0.4) is 0 Å². The van der Waals surface area contributed by atoms with Gasteiger partial charge in [-0.3, -0.25) is 0 Å². The number of hydrogen-bond acceptors (Lipinski definition) is 2. The zero-order chi connectivity index (χ0) is 30.3. The molecule has 211 valence electrons. The minimum Gasteiger partial charge on any atom is -0.305 e. The van der Waals surface area contributed by atoms with E-state index in [2.05, 4.69) is 90.3 Å². The molecule has 0 saturated heterocycles. The van der Waals surface area contributed by atoms with E-state index in [1.807, 2.05) is 60.8 Å². The van der Waals surface area contributed by atoms with Crippen LogP contribution in [0, 0.1) is 12.1 Å². The van der Waals surface area contributed by atoms with Crippen molar-refractivity contribution in [1.29, 1.82) is 0 Å². The van der Waals surface area contributed by atoms with Crippen LogP contribution in [0.1, 0.15) is 13.9 Å². The first-order valence-corrected chi connectivity index (χ1v) is 17.2. The van der Waals surface area contributed by atoms with E-state index in [0.717, 1.165) is 22.5 Å². The van der Waals surface area contributed by atoms with Crippen LogP contribution in [0.25, 0.3) is 33.6 Å². The zero-order valence-corrected chi connectivity index (χ0v) is 27.4. The third-order valence-corrected chi connectivity index (χ3v) is 8.65. The molecule has 6 rings (SSSR count). The van der Waals surface area contributed by atoms with E-state index >= 15 is 0 Å². The molecular weight excluding hydrogens is 705 g/mol. The summed E-state index contributed by atoms with van der Waals surface area (Å²) in [5.41, 5.74) is 7.29. The molecule has 0 N–H and O–H groups in total. The third-order valence-electron chi connectivity index (χ3n) is 6.62. The average molecular weight is 741 g/mol. The second kappa shape index (κ2) is 14.8. The second-order valence-corrected chi connectivity index (χ2v) is 15.8. The summed E-state index contributed by atoms with van der Waals surface area (Å²) in [6.07, 6.45) is 2.21. The van der Waals surface area contributed by atoms with Crippen LogP contribution in [-0.4, -0.2) is 18.0 Å². The second-order valence-electron chi connectivity index (χ2n) is 10.7. The molecule has 2 heterocycles. The fraction of sp³-hybridized carbons (Fsp3) is 0.105. The predicted molar refractivity (Wildman–Crippen MR) is 175 cm³/mol. The molecule has 0 fully saturated rings. The van der Waals surface area contributed by atoms with Crippen molar-refractivity contribution >= 4 is 13.3 Å². The van der Waals surface area contributed by atoms with E-state index in [1.54, 1.807) is 30.5 Å². The molecule has 42 heavy (non-hydrogen) atoms. The van der Waals surface area contributed by atoms with Gasteiger partial charge in [0.1, 0.15) is 0 Å². The molecule has 0 aliphatic carbocycles. The van der Waals surface area contributed by atoms with E-state index < -0.39 is 14.4 Å². The van der Waals surface area contributed by atoms with Crippen LogP contribution in [0.5, 0.6) is 0 Å². The zero-order valence-electron chi connectivity index (χ0n) is 26.0. The number of aromatic nitrogens is 2. The van der Waals surface area contributed by atoms with Crippen molar-refractivity contribution in [3.63, 3.8) is 0 Å². The number of rotatable bonds is 6. The summed E-state index contributed by atoms with van der Waals surface area (Å²) in [6, 6.07) is 47.6. The van der Waals surface area contributed by atoms with Crippen molar-refractivity contribution in [2.75, 3.05) is 0 Å². The molecule has 0 bridgehead atoms. The first-order chi connectivity index (χ1) is 20.7. The van der Waals surface area contributed by atoms with Gasteiger partial charge in [0, 0.05) is 35.2 Å². The molecule has 0 aliphatic heterocycles. The van der Waals surface area contributed by atoms with Gasteiger partial charge < -0.3 is 9.97 Å². The van der Waals surface area contributed by atoms with Crippen molar-refractivity contribution in [1.82, 2.24) is 9.97 Å². The van der Waals surface area contributed by atoms with Gasteiger partial charge in [-0.2, -0.15) is 0 Å². The van der Waals surface area contributed by atoms with Gasteiger partial charge in [-0.15, -0.1) is 70.8 Å². The molecular formula is C38H34IrN2Si-2. The summed E-state index contributed by atoms with van der Waals surface area (Å²) in [6.45, 7) is 7.02. The van der Waals surface area contributed by atoms with Crippen molar-refractivity contribution < 1.29 is 22.8 Å². The summed E-state index contributed by atoms with van der Waals surface area (Å²) in [5, 5.41) is 1.38. The quantitative estimate of drug-likeness (QED) is 0.126. The third kappa shape index (κ3) is 8.53. The van der Waals surface area contributed by atoms with Gasteiger partial charge in [-0.25, -0.2) is 0 Å². The molecule has 0 aliphatic rings. The fourth-order valence-electron chi connectivity index (χ4n) is 4.32. The summed E-state index contributed by atoms with van der Waals surface area (Å²) < 4.78 is 16.8. The van der Waals surface area contributed by atoms with Crippen LogP contribution >= 0.6 is 0 Å². The summed E-state index contributed by atoms with van der Waals surface area (Å²) in [5.74, 6) is 0. The monoisotopic (exact) mass is 741 g/mol. The Labute approximate surface area is 267 Å². The Kier molecular flexibility index (Phi) is 9.92. The van der Waals surface area contributed by atoms with Crippen LogP contribution in [0.15, 0.2) is 140 Å². The van der Waals surface area contributed by atoms with Crippen molar-refractivity contribution in [2.45, 2.75) is 26.0 Å². The Balaban J connectivity index is 0.000000197. The molecule has 0 saturated carbocycles.